The Bertz CT molecular complexity index is 723. The number of carbonyl (C=O) groups excluding carboxylic acids is 1. The fourth-order valence-corrected chi connectivity index (χ4v) is 4.53. The van der Waals surface area contributed by atoms with Crippen LogP contribution < -0.4 is 0 Å². The van der Waals surface area contributed by atoms with Gasteiger partial charge in [0.1, 0.15) is 5.75 Å². The summed E-state index contributed by atoms with van der Waals surface area (Å²) in [6.07, 6.45) is 22.0. The van der Waals surface area contributed by atoms with Gasteiger partial charge in [0.2, 0.25) is 0 Å². The average molecular weight is 520 g/mol. The number of phenols is 1. The van der Waals surface area contributed by atoms with Crippen LogP contribution in [-0.4, -0.2) is 63.1 Å². The van der Waals surface area contributed by atoms with Crippen molar-refractivity contribution in [3.63, 3.8) is 0 Å². The molecule has 0 saturated heterocycles. The minimum absolute atomic E-state index is 0.0522. The van der Waals surface area contributed by atoms with Gasteiger partial charge in [-0.15, -0.1) is 0 Å². The molecule has 1 aromatic rings. The molecular formula is C31H53NO5. The summed E-state index contributed by atoms with van der Waals surface area (Å²) in [5.41, 5.74) is 0.119. The fourth-order valence-electron chi connectivity index (χ4n) is 4.53. The van der Waals surface area contributed by atoms with E-state index in [9.17, 15) is 25.2 Å². The Balaban J connectivity index is 2.13. The Morgan fingerprint density at radius 3 is 1.86 bits per heavy atom. The molecular weight excluding hydrogens is 466 g/mol. The Hall–Kier alpha value is -1.89. The third-order valence-electron chi connectivity index (χ3n) is 6.79. The van der Waals surface area contributed by atoms with Gasteiger partial charge in [0, 0.05) is 13.1 Å². The summed E-state index contributed by atoms with van der Waals surface area (Å²) in [6.45, 7) is 1.73. The molecule has 0 aromatic heterocycles. The molecule has 37 heavy (non-hydrogen) atoms. The molecule has 4 N–H and O–H groups in total. The van der Waals surface area contributed by atoms with Gasteiger partial charge in [-0.3, -0.25) is 4.79 Å². The number of phenolic OH excluding ortho intramolecular Hbond substituents is 1. The highest BCUT2D eigenvalue weighted by atomic mass is 16.3. The van der Waals surface area contributed by atoms with Crippen molar-refractivity contribution in [3.8, 4) is 5.75 Å². The number of aliphatic hydroxyl groups is 3. The number of para-hydroxylation sites is 1. The van der Waals surface area contributed by atoms with E-state index >= 15 is 0 Å². The minimum Gasteiger partial charge on any atom is -0.507 e. The summed E-state index contributed by atoms with van der Waals surface area (Å²) in [7, 11) is 0. The van der Waals surface area contributed by atoms with Gasteiger partial charge in [-0.05, 0) is 44.2 Å². The molecule has 0 radical (unpaired) electrons. The highest BCUT2D eigenvalue weighted by Crippen LogP contribution is 2.19. The van der Waals surface area contributed by atoms with Crippen LogP contribution in [0.2, 0.25) is 0 Å². The zero-order chi connectivity index (χ0) is 27.1. The van der Waals surface area contributed by atoms with E-state index in [0.717, 1.165) is 19.3 Å². The summed E-state index contributed by atoms with van der Waals surface area (Å²) in [4.78, 5) is 14.2. The molecule has 0 aliphatic rings. The predicted octanol–water partition coefficient (Wildman–Crippen LogP) is 6.37. The van der Waals surface area contributed by atoms with Gasteiger partial charge in [-0.2, -0.15) is 0 Å². The first-order valence-corrected chi connectivity index (χ1v) is 14.7. The van der Waals surface area contributed by atoms with E-state index in [4.69, 9.17) is 0 Å². The minimum atomic E-state index is -1.10. The molecule has 6 nitrogen and oxygen atoms in total. The molecule has 2 atom stereocenters. The number of amides is 1. The molecule has 0 bridgehead atoms. The smallest absolute Gasteiger partial charge is 0.257 e. The molecule has 1 aromatic carbocycles. The van der Waals surface area contributed by atoms with Gasteiger partial charge in [-0.25, -0.2) is 0 Å². The van der Waals surface area contributed by atoms with Crippen molar-refractivity contribution >= 4 is 5.91 Å². The van der Waals surface area contributed by atoms with Crippen LogP contribution in [0.1, 0.15) is 120 Å². The molecule has 0 heterocycles. The van der Waals surface area contributed by atoms with Gasteiger partial charge in [0.05, 0.1) is 24.4 Å². The highest BCUT2D eigenvalue weighted by molar-refractivity contribution is 5.96. The molecule has 0 aliphatic heterocycles. The van der Waals surface area contributed by atoms with Crippen molar-refractivity contribution in [1.29, 1.82) is 0 Å². The summed E-state index contributed by atoms with van der Waals surface area (Å²) in [5.74, 6) is -0.614. The summed E-state index contributed by atoms with van der Waals surface area (Å²) >= 11 is 0. The first-order chi connectivity index (χ1) is 18.0. The van der Waals surface area contributed by atoms with Gasteiger partial charge in [0.25, 0.3) is 5.91 Å². The number of aromatic hydroxyl groups is 1. The van der Waals surface area contributed by atoms with Crippen LogP contribution in [0.15, 0.2) is 36.4 Å². The quantitative estimate of drug-likeness (QED) is 0.0994. The van der Waals surface area contributed by atoms with Crippen LogP contribution in [-0.2, 0) is 0 Å². The molecule has 0 fully saturated rings. The molecule has 2 unspecified atom stereocenters. The first kappa shape index (κ1) is 33.1. The summed E-state index contributed by atoms with van der Waals surface area (Å²) in [5, 5.41) is 39.5. The van der Waals surface area contributed by atoms with Crippen molar-refractivity contribution in [3.05, 3.63) is 42.0 Å². The maximum atomic E-state index is 12.8. The van der Waals surface area contributed by atoms with Gasteiger partial charge >= 0.3 is 0 Å². The second kappa shape index (κ2) is 22.1. The zero-order valence-electron chi connectivity index (χ0n) is 23.2. The molecule has 1 amide bonds. The lowest BCUT2D eigenvalue weighted by Gasteiger charge is -2.27. The monoisotopic (exact) mass is 519 g/mol. The normalized spacial score (nSPS) is 13.2. The van der Waals surface area contributed by atoms with Gasteiger partial charge < -0.3 is 25.3 Å². The Morgan fingerprint density at radius 1 is 0.784 bits per heavy atom. The van der Waals surface area contributed by atoms with E-state index in [0.29, 0.717) is 6.42 Å². The van der Waals surface area contributed by atoms with E-state index in [1.807, 2.05) is 0 Å². The van der Waals surface area contributed by atoms with Crippen LogP contribution in [0.25, 0.3) is 0 Å². The van der Waals surface area contributed by atoms with Crippen molar-refractivity contribution < 1.29 is 25.2 Å². The van der Waals surface area contributed by atoms with E-state index in [1.165, 1.54) is 94.1 Å². The second-order valence-corrected chi connectivity index (χ2v) is 10.3. The number of rotatable bonds is 23. The summed E-state index contributed by atoms with van der Waals surface area (Å²) < 4.78 is 0. The van der Waals surface area contributed by atoms with E-state index in [1.54, 1.807) is 12.1 Å². The number of benzene rings is 1. The Morgan fingerprint density at radius 2 is 1.30 bits per heavy atom. The highest BCUT2D eigenvalue weighted by Gasteiger charge is 2.23. The maximum Gasteiger partial charge on any atom is 0.257 e. The Labute approximate surface area is 225 Å². The number of allylic oxidation sites excluding steroid dienone is 2. The molecule has 0 saturated carbocycles. The number of nitrogens with zero attached hydrogens (tertiary/aromatic N) is 1. The number of carbonyl (C=O) groups is 1. The maximum absolute atomic E-state index is 12.8. The van der Waals surface area contributed by atoms with Crippen molar-refractivity contribution in [2.24, 2.45) is 0 Å². The topological polar surface area (TPSA) is 101 Å². The van der Waals surface area contributed by atoms with Crippen LogP contribution >= 0.6 is 0 Å². The molecule has 0 spiro atoms. The lowest BCUT2D eigenvalue weighted by molar-refractivity contribution is 0.0302. The van der Waals surface area contributed by atoms with E-state index in [-0.39, 0.29) is 24.4 Å². The van der Waals surface area contributed by atoms with Crippen LogP contribution in [0, 0.1) is 0 Å². The second-order valence-electron chi connectivity index (χ2n) is 10.3. The Kier molecular flexibility index (Phi) is 19.8. The number of hydrogen-bond acceptors (Lipinski definition) is 5. The lowest BCUT2D eigenvalue weighted by atomic mass is 10.0. The molecule has 6 heteroatoms. The largest absolute Gasteiger partial charge is 0.507 e. The number of aliphatic hydroxyl groups excluding tert-OH is 3. The molecule has 212 valence electrons. The summed E-state index contributed by atoms with van der Waals surface area (Å²) in [6, 6.07) is 6.22. The average Bonchev–Trinajstić information content (AvgIpc) is 2.89. The number of hydrogen-bond donors (Lipinski definition) is 4. The van der Waals surface area contributed by atoms with Crippen LogP contribution in [0.4, 0.5) is 0 Å². The van der Waals surface area contributed by atoms with Crippen molar-refractivity contribution in [1.82, 2.24) is 4.90 Å². The van der Waals surface area contributed by atoms with Crippen LogP contribution in [0.3, 0.4) is 0 Å². The third-order valence-corrected chi connectivity index (χ3v) is 6.79. The van der Waals surface area contributed by atoms with Crippen LogP contribution in [0.5, 0.6) is 5.75 Å². The fraction of sp³-hybridized carbons (Fsp3) is 0.710. The van der Waals surface area contributed by atoms with Gasteiger partial charge in [-0.1, -0.05) is 102 Å². The molecule has 1 rings (SSSR count). The number of unbranched alkanes of at least 4 members (excludes halogenated alkanes) is 13. The SMILES string of the molecule is CCCCCCCC/C=C\CCCCCCCCCC(O)CN(CC(O)CO)C(=O)c1ccccc1O. The molecule has 0 aliphatic carbocycles. The van der Waals surface area contributed by atoms with Crippen molar-refractivity contribution in [2.75, 3.05) is 19.7 Å². The van der Waals surface area contributed by atoms with Crippen molar-refractivity contribution in [2.45, 2.75) is 122 Å². The third kappa shape index (κ3) is 16.5. The zero-order valence-corrected chi connectivity index (χ0v) is 23.2. The standard InChI is InChI=1S/C31H53NO5/c1-2-3-4-5-6-7-8-9-10-11-12-13-14-15-16-17-18-21-27(34)24-32(25-28(35)26-33)31(37)29-22-19-20-23-30(29)36/h9-10,19-20,22-23,27-28,33-36H,2-8,11-18,21,24-26H2,1H3/b10-9-. The van der Waals surface area contributed by atoms with E-state index in [2.05, 4.69) is 19.1 Å². The predicted molar refractivity (Wildman–Crippen MR) is 152 cm³/mol. The van der Waals surface area contributed by atoms with Gasteiger partial charge in [0.15, 0.2) is 0 Å². The lowest BCUT2D eigenvalue weighted by Crippen LogP contribution is -2.43. The van der Waals surface area contributed by atoms with E-state index < -0.39 is 24.7 Å². The first-order valence-electron chi connectivity index (χ1n) is 14.7.